The maximum atomic E-state index is 13.9. The first-order valence-electron chi connectivity index (χ1n) is 7.03. The standard InChI is InChI=1S/C16H16BrFO2S/c17-16(15-7-3-4-10-21(15,19)20)13-8-9-14(18)12-6-2-1-5-11(12)13/h1-2,5-6,8-9,15-16H,3-4,7,10H2. The number of hydrogen-bond acceptors (Lipinski definition) is 2. The highest BCUT2D eigenvalue weighted by Crippen LogP contribution is 2.39. The van der Waals surface area contributed by atoms with Crippen LogP contribution < -0.4 is 0 Å². The van der Waals surface area contributed by atoms with Gasteiger partial charge in [-0.3, -0.25) is 0 Å². The summed E-state index contributed by atoms with van der Waals surface area (Å²) < 4.78 is 38.5. The molecule has 21 heavy (non-hydrogen) atoms. The zero-order chi connectivity index (χ0) is 15.0. The molecule has 1 aliphatic heterocycles. The first-order valence-corrected chi connectivity index (χ1v) is 9.66. The van der Waals surface area contributed by atoms with Crippen molar-refractivity contribution in [2.24, 2.45) is 0 Å². The van der Waals surface area contributed by atoms with Crippen molar-refractivity contribution in [3.63, 3.8) is 0 Å². The van der Waals surface area contributed by atoms with Gasteiger partial charge >= 0.3 is 0 Å². The molecule has 1 saturated heterocycles. The highest BCUT2D eigenvalue weighted by molar-refractivity contribution is 9.09. The average Bonchev–Trinajstić information content (AvgIpc) is 2.47. The van der Waals surface area contributed by atoms with Gasteiger partial charge < -0.3 is 0 Å². The lowest BCUT2D eigenvalue weighted by Gasteiger charge is -2.27. The van der Waals surface area contributed by atoms with Crippen LogP contribution in [0.5, 0.6) is 0 Å². The third-order valence-electron chi connectivity index (χ3n) is 4.16. The van der Waals surface area contributed by atoms with Gasteiger partial charge in [0, 0.05) is 5.39 Å². The Morgan fingerprint density at radius 3 is 2.52 bits per heavy atom. The van der Waals surface area contributed by atoms with Gasteiger partial charge in [0.1, 0.15) is 5.82 Å². The van der Waals surface area contributed by atoms with Gasteiger partial charge in [0.2, 0.25) is 0 Å². The monoisotopic (exact) mass is 370 g/mol. The van der Waals surface area contributed by atoms with Crippen LogP contribution in [0.25, 0.3) is 10.8 Å². The number of sulfone groups is 1. The fourth-order valence-corrected chi connectivity index (χ4v) is 6.63. The van der Waals surface area contributed by atoms with Crippen LogP contribution in [0.2, 0.25) is 0 Å². The number of benzene rings is 2. The van der Waals surface area contributed by atoms with E-state index >= 15 is 0 Å². The molecule has 2 aromatic rings. The smallest absolute Gasteiger partial charge is 0.154 e. The molecule has 3 rings (SSSR count). The molecule has 1 heterocycles. The Bertz CT molecular complexity index is 773. The number of hydrogen-bond donors (Lipinski definition) is 0. The van der Waals surface area contributed by atoms with Crippen molar-refractivity contribution in [2.75, 3.05) is 5.75 Å². The lowest BCUT2D eigenvalue weighted by atomic mass is 9.98. The van der Waals surface area contributed by atoms with Gasteiger partial charge in [-0.15, -0.1) is 0 Å². The molecule has 2 atom stereocenters. The lowest BCUT2D eigenvalue weighted by molar-refractivity contribution is 0.537. The summed E-state index contributed by atoms with van der Waals surface area (Å²) in [5.41, 5.74) is 0.850. The summed E-state index contributed by atoms with van der Waals surface area (Å²) in [5, 5.41) is 0.882. The molecule has 2 aromatic carbocycles. The first-order chi connectivity index (χ1) is 10.0. The topological polar surface area (TPSA) is 34.1 Å². The molecule has 0 amide bonds. The van der Waals surface area contributed by atoms with Crippen molar-refractivity contribution in [1.29, 1.82) is 0 Å². The molecule has 0 N–H and O–H groups in total. The minimum absolute atomic E-state index is 0.249. The highest BCUT2D eigenvalue weighted by Gasteiger charge is 2.35. The van der Waals surface area contributed by atoms with Gasteiger partial charge in [0.05, 0.1) is 15.8 Å². The van der Waals surface area contributed by atoms with E-state index in [1.165, 1.54) is 6.07 Å². The van der Waals surface area contributed by atoms with Crippen LogP contribution in [-0.4, -0.2) is 19.4 Å². The Morgan fingerprint density at radius 2 is 1.81 bits per heavy atom. The maximum Gasteiger partial charge on any atom is 0.154 e. The number of rotatable bonds is 2. The molecule has 0 radical (unpaired) electrons. The van der Waals surface area contributed by atoms with Gasteiger partial charge in [0.15, 0.2) is 9.84 Å². The van der Waals surface area contributed by atoms with E-state index in [0.717, 1.165) is 23.8 Å². The van der Waals surface area contributed by atoms with Gasteiger partial charge in [-0.1, -0.05) is 52.7 Å². The summed E-state index contributed by atoms with van der Waals surface area (Å²) in [7, 11) is -3.09. The summed E-state index contributed by atoms with van der Waals surface area (Å²) in [4.78, 5) is -0.298. The Labute approximate surface area is 132 Å². The number of halogens is 2. The van der Waals surface area contributed by atoms with E-state index in [2.05, 4.69) is 15.9 Å². The fourth-order valence-electron chi connectivity index (χ4n) is 3.03. The average molecular weight is 371 g/mol. The second-order valence-electron chi connectivity index (χ2n) is 5.49. The number of alkyl halides is 1. The van der Waals surface area contributed by atoms with Crippen LogP contribution in [0.3, 0.4) is 0 Å². The second-order valence-corrected chi connectivity index (χ2v) is 8.81. The molecule has 1 fully saturated rings. The van der Waals surface area contributed by atoms with Crippen molar-refractivity contribution in [3.8, 4) is 0 Å². The van der Waals surface area contributed by atoms with Crippen LogP contribution in [0, 0.1) is 5.82 Å². The first kappa shape index (κ1) is 15.0. The minimum atomic E-state index is -3.09. The van der Waals surface area contributed by atoms with Crippen molar-refractivity contribution in [2.45, 2.75) is 29.3 Å². The Balaban J connectivity index is 2.10. The zero-order valence-electron chi connectivity index (χ0n) is 11.4. The van der Waals surface area contributed by atoms with E-state index in [-0.39, 0.29) is 16.4 Å². The van der Waals surface area contributed by atoms with Crippen molar-refractivity contribution in [3.05, 3.63) is 47.8 Å². The van der Waals surface area contributed by atoms with Crippen LogP contribution in [0.1, 0.15) is 29.7 Å². The Hall–Kier alpha value is -0.940. The Kier molecular flexibility index (Phi) is 4.06. The predicted molar refractivity (Wildman–Crippen MR) is 87.0 cm³/mol. The summed E-state index contributed by atoms with van der Waals surface area (Å²) in [5.74, 6) is -0.0284. The van der Waals surface area contributed by atoms with Crippen molar-refractivity contribution in [1.82, 2.24) is 0 Å². The quantitative estimate of drug-likeness (QED) is 0.734. The molecule has 0 spiro atoms. The van der Waals surface area contributed by atoms with Crippen LogP contribution >= 0.6 is 15.9 Å². The molecule has 5 heteroatoms. The second kappa shape index (κ2) is 5.69. The molecular weight excluding hydrogens is 355 g/mol. The fraction of sp³-hybridized carbons (Fsp3) is 0.375. The molecule has 0 aliphatic carbocycles. The summed E-state index contributed by atoms with van der Waals surface area (Å²) in [6.45, 7) is 0. The number of fused-ring (bicyclic) bond motifs is 1. The van der Waals surface area contributed by atoms with Crippen molar-refractivity contribution < 1.29 is 12.8 Å². The highest BCUT2D eigenvalue weighted by atomic mass is 79.9. The van der Waals surface area contributed by atoms with E-state index in [9.17, 15) is 12.8 Å². The molecule has 1 aliphatic rings. The zero-order valence-corrected chi connectivity index (χ0v) is 13.8. The van der Waals surface area contributed by atoms with Gasteiger partial charge in [-0.25, -0.2) is 12.8 Å². The SMILES string of the molecule is O=S1(=O)CCCCC1C(Br)c1ccc(F)c2ccccc12. The van der Waals surface area contributed by atoms with E-state index in [1.54, 1.807) is 18.2 Å². The van der Waals surface area contributed by atoms with Gasteiger partial charge in [0.25, 0.3) is 0 Å². The Morgan fingerprint density at radius 1 is 1.10 bits per heavy atom. The lowest BCUT2D eigenvalue weighted by Crippen LogP contribution is -2.31. The normalized spacial score (nSPS) is 23.0. The minimum Gasteiger partial charge on any atom is -0.228 e. The summed E-state index contributed by atoms with van der Waals surface area (Å²) >= 11 is 3.57. The molecule has 2 unspecified atom stereocenters. The summed E-state index contributed by atoms with van der Waals surface area (Å²) in [6.07, 6.45) is 2.32. The molecule has 0 bridgehead atoms. The predicted octanol–water partition coefficient (Wildman–Crippen LogP) is 4.38. The van der Waals surface area contributed by atoms with E-state index in [4.69, 9.17) is 0 Å². The van der Waals surface area contributed by atoms with Gasteiger partial charge in [-0.2, -0.15) is 0 Å². The van der Waals surface area contributed by atoms with E-state index < -0.39 is 15.1 Å². The third-order valence-corrected chi connectivity index (χ3v) is 7.93. The molecule has 2 nitrogen and oxygen atoms in total. The molecule has 112 valence electrons. The molecular formula is C16H16BrFO2S. The molecule has 0 saturated carbocycles. The van der Waals surface area contributed by atoms with Crippen LogP contribution in [-0.2, 0) is 9.84 Å². The van der Waals surface area contributed by atoms with E-state index in [0.29, 0.717) is 11.8 Å². The summed E-state index contributed by atoms with van der Waals surface area (Å²) in [6, 6.07) is 10.3. The van der Waals surface area contributed by atoms with Gasteiger partial charge in [-0.05, 0) is 29.9 Å². The van der Waals surface area contributed by atoms with Crippen LogP contribution in [0.4, 0.5) is 4.39 Å². The van der Waals surface area contributed by atoms with E-state index in [1.807, 2.05) is 12.1 Å². The molecule has 0 aromatic heterocycles. The largest absolute Gasteiger partial charge is 0.228 e. The van der Waals surface area contributed by atoms with Crippen LogP contribution in [0.15, 0.2) is 36.4 Å². The van der Waals surface area contributed by atoms with Crippen molar-refractivity contribution >= 4 is 36.5 Å². The maximum absolute atomic E-state index is 13.9. The third kappa shape index (κ3) is 2.73.